The minimum atomic E-state index is 0.829. The topological polar surface area (TPSA) is 37.0 Å². The summed E-state index contributed by atoms with van der Waals surface area (Å²) < 4.78 is 0.993. The van der Waals surface area contributed by atoms with E-state index in [1.807, 2.05) is 6.07 Å². The van der Waals surface area contributed by atoms with Crippen LogP contribution in [0.3, 0.4) is 0 Å². The number of benzene rings is 1. The molecule has 0 aliphatic carbocycles. The second-order valence-electron chi connectivity index (χ2n) is 4.42. The SMILES string of the molecule is Brc1cnccc1NCc1ccc2c(c1)CNC2. The van der Waals surface area contributed by atoms with Crippen LogP contribution in [-0.4, -0.2) is 4.98 Å². The number of rotatable bonds is 3. The first-order valence-corrected chi connectivity index (χ1v) is 6.77. The third-order valence-corrected chi connectivity index (χ3v) is 3.79. The lowest BCUT2D eigenvalue weighted by molar-refractivity contribution is 0.764. The summed E-state index contributed by atoms with van der Waals surface area (Å²) in [5.74, 6) is 0. The molecule has 3 nitrogen and oxygen atoms in total. The minimum absolute atomic E-state index is 0.829. The molecule has 1 aromatic carbocycles. The van der Waals surface area contributed by atoms with Crippen LogP contribution in [0, 0.1) is 0 Å². The van der Waals surface area contributed by atoms with Crippen LogP contribution in [0.5, 0.6) is 0 Å². The van der Waals surface area contributed by atoms with Crippen molar-refractivity contribution in [1.82, 2.24) is 10.3 Å². The fourth-order valence-electron chi connectivity index (χ4n) is 2.17. The number of nitrogens with zero attached hydrogens (tertiary/aromatic N) is 1. The first-order chi connectivity index (χ1) is 8.83. The maximum absolute atomic E-state index is 4.05. The second-order valence-corrected chi connectivity index (χ2v) is 5.27. The Morgan fingerprint density at radius 1 is 1.22 bits per heavy atom. The number of anilines is 1. The van der Waals surface area contributed by atoms with E-state index in [1.54, 1.807) is 12.4 Å². The van der Waals surface area contributed by atoms with E-state index in [-0.39, 0.29) is 0 Å². The van der Waals surface area contributed by atoms with Crippen LogP contribution < -0.4 is 10.6 Å². The highest BCUT2D eigenvalue weighted by Crippen LogP contribution is 2.22. The van der Waals surface area contributed by atoms with Gasteiger partial charge in [0.25, 0.3) is 0 Å². The number of halogens is 1. The minimum Gasteiger partial charge on any atom is -0.380 e. The monoisotopic (exact) mass is 303 g/mol. The average Bonchev–Trinajstić information content (AvgIpc) is 2.85. The highest BCUT2D eigenvalue weighted by atomic mass is 79.9. The molecule has 2 aromatic rings. The zero-order valence-electron chi connectivity index (χ0n) is 9.91. The quantitative estimate of drug-likeness (QED) is 0.915. The van der Waals surface area contributed by atoms with Gasteiger partial charge in [-0.2, -0.15) is 0 Å². The van der Waals surface area contributed by atoms with E-state index >= 15 is 0 Å². The summed E-state index contributed by atoms with van der Waals surface area (Å²) in [4.78, 5) is 4.05. The van der Waals surface area contributed by atoms with Crippen molar-refractivity contribution in [3.63, 3.8) is 0 Å². The fraction of sp³-hybridized carbons (Fsp3) is 0.214. The van der Waals surface area contributed by atoms with Gasteiger partial charge in [0.2, 0.25) is 0 Å². The molecule has 0 atom stereocenters. The molecule has 2 heterocycles. The lowest BCUT2D eigenvalue weighted by atomic mass is 10.1. The van der Waals surface area contributed by atoms with Crippen LogP contribution in [0.25, 0.3) is 0 Å². The third kappa shape index (κ3) is 2.40. The van der Waals surface area contributed by atoms with Crippen LogP contribution in [0.1, 0.15) is 16.7 Å². The Morgan fingerprint density at radius 3 is 3.00 bits per heavy atom. The van der Waals surface area contributed by atoms with Gasteiger partial charge in [0, 0.05) is 32.0 Å². The molecule has 0 fully saturated rings. The highest BCUT2D eigenvalue weighted by molar-refractivity contribution is 9.10. The maximum Gasteiger partial charge on any atom is 0.0590 e. The van der Waals surface area contributed by atoms with Gasteiger partial charge in [-0.1, -0.05) is 18.2 Å². The Labute approximate surface area is 115 Å². The number of pyridine rings is 1. The molecule has 0 amide bonds. The Balaban J connectivity index is 1.72. The van der Waals surface area contributed by atoms with Gasteiger partial charge in [0.15, 0.2) is 0 Å². The van der Waals surface area contributed by atoms with E-state index in [9.17, 15) is 0 Å². The van der Waals surface area contributed by atoms with E-state index < -0.39 is 0 Å². The van der Waals surface area contributed by atoms with Crippen LogP contribution in [0.4, 0.5) is 5.69 Å². The molecule has 0 saturated heterocycles. The van der Waals surface area contributed by atoms with Gasteiger partial charge in [0.05, 0.1) is 10.2 Å². The molecule has 2 N–H and O–H groups in total. The van der Waals surface area contributed by atoms with Crippen molar-refractivity contribution in [3.05, 3.63) is 57.8 Å². The van der Waals surface area contributed by atoms with Gasteiger partial charge in [-0.3, -0.25) is 4.98 Å². The van der Waals surface area contributed by atoms with Gasteiger partial charge < -0.3 is 10.6 Å². The Bertz CT molecular complexity index is 569. The molecule has 1 aliphatic rings. The molecule has 0 saturated carbocycles. The second kappa shape index (κ2) is 5.08. The van der Waals surface area contributed by atoms with Gasteiger partial charge in [-0.05, 0) is 38.7 Å². The number of aromatic nitrogens is 1. The standard InChI is InChI=1S/C14H14BrN3/c15-13-9-16-4-3-14(13)18-6-10-1-2-11-7-17-8-12(11)5-10/h1-5,9,17H,6-8H2,(H,16,18). The van der Waals surface area contributed by atoms with Crippen LogP contribution >= 0.6 is 15.9 Å². The van der Waals surface area contributed by atoms with Crippen LogP contribution in [0.15, 0.2) is 41.1 Å². The van der Waals surface area contributed by atoms with Gasteiger partial charge in [-0.15, -0.1) is 0 Å². The van der Waals surface area contributed by atoms with Crippen molar-refractivity contribution < 1.29 is 0 Å². The van der Waals surface area contributed by atoms with Crippen molar-refractivity contribution in [2.24, 2.45) is 0 Å². The van der Waals surface area contributed by atoms with E-state index in [0.29, 0.717) is 0 Å². The molecule has 1 aromatic heterocycles. The van der Waals surface area contributed by atoms with E-state index in [4.69, 9.17) is 0 Å². The first-order valence-electron chi connectivity index (χ1n) is 5.98. The van der Waals surface area contributed by atoms with E-state index in [1.165, 1.54) is 16.7 Å². The number of hydrogen-bond donors (Lipinski definition) is 2. The largest absolute Gasteiger partial charge is 0.380 e. The summed E-state index contributed by atoms with van der Waals surface area (Å²) in [5.41, 5.74) is 5.22. The van der Waals surface area contributed by atoms with Crippen molar-refractivity contribution in [2.45, 2.75) is 19.6 Å². The molecular weight excluding hydrogens is 290 g/mol. The lowest BCUT2D eigenvalue weighted by Crippen LogP contribution is -2.01. The van der Waals surface area contributed by atoms with E-state index in [0.717, 1.165) is 29.8 Å². The van der Waals surface area contributed by atoms with Crippen molar-refractivity contribution >= 4 is 21.6 Å². The Hall–Kier alpha value is -1.39. The summed E-state index contributed by atoms with van der Waals surface area (Å²) >= 11 is 3.48. The molecule has 0 spiro atoms. The van der Waals surface area contributed by atoms with Gasteiger partial charge >= 0.3 is 0 Å². The molecular formula is C14H14BrN3. The smallest absolute Gasteiger partial charge is 0.0590 e. The molecule has 4 heteroatoms. The number of fused-ring (bicyclic) bond motifs is 1. The summed E-state index contributed by atoms with van der Waals surface area (Å²) in [6.45, 7) is 2.82. The van der Waals surface area contributed by atoms with Gasteiger partial charge in [-0.25, -0.2) is 0 Å². The average molecular weight is 304 g/mol. The van der Waals surface area contributed by atoms with Crippen LogP contribution in [-0.2, 0) is 19.6 Å². The van der Waals surface area contributed by atoms with Crippen molar-refractivity contribution in [2.75, 3.05) is 5.32 Å². The van der Waals surface area contributed by atoms with E-state index in [2.05, 4.69) is 49.7 Å². The fourth-order valence-corrected chi connectivity index (χ4v) is 2.56. The number of nitrogens with one attached hydrogen (secondary N) is 2. The Kier molecular flexibility index (Phi) is 3.30. The first kappa shape index (κ1) is 11.7. The highest BCUT2D eigenvalue weighted by Gasteiger charge is 2.09. The van der Waals surface area contributed by atoms with Crippen molar-refractivity contribution in [1.29, 1.82) is 0 Å². The van der Waals surface area contributed by atoms with Crippen molar-refractivity contribution in [3.8, 4) is 0 Å². The lowest BCUT2D eigenvalue weighted by Gasteiger charge is -2.09. The summed E-state index contributed by atoms with van der Waals surface area (Å²) in [6.07, 6.45) is 3.59. The molecule has 0 unspecified atom stereocenters. The predicted octanol–water partition coefficient (Wildman–Crippen LogP) is 3.06. The van der Waals surface area contributed by atoms with Crippen LogP contribution in [0.2, 0.25) is 0 Å². The summed E-state index contributed by atoms with van der Waals surface area (Å²) in [7, 11) is 0. The molecule has 92 valence electrons. The molecule has 3 rings (SSSR count). The molecule has 18 heavy (non-hydrogen) atoms. The Morgan fingerprint density at radius 2 is 2.11 bits per heavy atom. The predicted molar refractivity (Wildman–Crippen MR) is 76.2 cm³/mol. The zero-order valence-corrected chi connectivity index (χ0v) is 11.5. The molecule has 0 radical (unpaired) electrons. The molecule has 0 bridgehead atoms. The number of hydrogen-bond acceptors (Lipinski definition) is 3. The van der Waals surface area contributed by atoms with Gasteiger partial charge in [0.1, 0.15) is 0 Å². The summed E-state index contributed by atoms with van der Waals surface area (Å²) in [6, 6.07) is 8.65. The third-order valence-electron chi connectivity index (χ3n) is 3.16. The zero-order chi connectivity index (χ0) is 12.4. The summed E-state index contributed by atoms with van der Waals surface area (Å²) in [5, 5.41) is 6.77. The maximum atomic E-state index is 4.05. The molecule has 1 aliphatic heterocycles. The normalized spacial score (nSPS) is 13.4.